The van der Waals surface area contributed by atoms with Gasteiger partial charge in [-0.2, -0.15) is 0 Å². The summed E-state index contributed by atoms with van der Waals surface area (Å²) in [5.41, 5.74) is 0. The van der Waals surface area contributed by atoms with Crippen LogP contribution >= 0.6 is 15.6 Å². The smallest absolute Gasteiger partial charge is 0.462 e. The number of rotatable bonds is 76. The number of hydrogen-bond acceptors (Lipinski definition) is 15. The Morgan fingerprint density at radius 1 is 0.278 bits per heavy atom. The topological polar surface area (TPSA) is 237 Å². The molecular formula is C78H152O17P2. The number of carbonyl (C=O) groups excluding carboxylic acids is 4. The molecule has 0 aromatic rings. The molecule has 2 unspecified atom stereocenters. The first-order valence-corrected chi connectivity index (χ1v) is 43.3. The fourth-order valence-electron chi connectivity index (χ4n) is 12.0. The van der Waals surface area contributed by atoms with E-state index in [-0.39, 0.29) is 25.7 Å². The van der Waals surface area contributed by atoms with Crippen LogP contribution in [0.4, 0.5) is 0 Å². The van der Waals surface area contributed by atoms with E-state index in [9.17, 15) is 43.2 Å². The van der Waals surface area contributed by atoms with E-state index in [1.807, 2.05) is 0 Å². The Bertz CT molecular complexity index is 1890. The monoisotopic (exact) mass is 1420 g/mol. The summed E-state index contributed by atoms with van der Waals surface area (Å²) in [5.74, 6) is 0.120. The molecule has 0 aliphatic carbocycles. The summed E-state index contributed by atoms with van der Waals surface area (Å²) >= 11 is 0. The molecule has 0 rings (SSSR count). The molecule has 0 aliphatic heterocycles. The Balaban J connectivity index is 5.23. The molecule has 0 radical (unpaired) electrons. The molecule has 0 aromatic heterocycles. The van der Waals surface area contributed by atoms with E-state index >= 15 is 0 Å². The lowest BCUT2D eigenvalue weighted by atomic mass is 10.0. The molecule has 19 heteroatoms. The maximum absolute atomic E-state index is 13.1. The second kappa shape index (κ2) is 68.5. The Labute approximate surface area is 594 Å². The van der Waals surface area contributed by atoms with Gasteiger partial charge in [-0.05, 0) is 43.4 Å². The molecule has 0 saturated heterocycles. The lowest BCUT2D eigenvalue weighted by Gasteiger charge is -2.21. The molecule has 0 heterocycles. The number of phosphoric ester groups is 2. The average molecular weight is 1420 g/mol. The standard InChI is InChI=1S/C78H152O17P2/c1-8-9-10-11-12-13-14-15-16-17-18-19-20-21-22-23-31-40-47-54-61-77(82)94-73(65-88-75(80)59-52-45-38-30-26-24-28-35-42-49-56-69(2)3)67-92-96(84,85)90-63-72(79)64-91-97(86,87)93-68-74(66-89-76(81)60-53-46-39-34-33-37-44-51-58-71(6)7)95-78(83)62-55-48-41-32-27-25-29-36-43-50-57-70(4)5/h69-74,79H,8-68H2,1-7H3,(H,84,85)(H,86,87)/t72-,73-,74-/m1/s1. The van der Waals surface area contributed by atoms with E-state index in [1.165, 1.54) is 212 Å². The molecule has 3 N–H and O–H groups in total. The van der Waals surface area contributed by atoms with Crippen molar-refractivity contribution in [1.29, 1.82) is 0 Å². The summed E-state index contributed by atoms with van der Waals surface area (Å²) in [7, 11) is -9.92. The summed E-state index contributed by atoms with van der Waals surface area (Å²) in [4.78, 5) is 72.9. The van der Waals surface area contributed by atoms with Gasteiger partial charge in [0.2, 0.25) is 0 Å². The Kier molecular flexibility index (Phi) is 67.1. The van der Waals surface area contributed by atoms with Crippen LogP contribution in [-0.4, -0.2) is 96.7 Å². The quantitative estimate of drug-likeness (QED) is 0.0222. The molecule has 0 aliphatic rings. The zero-order valence-corrected chi connectivity index (χ0v) is 65.3. The van der Waals surface area contributed by atoms with Crippen molar-refractivity contribution in [3.05, 3.63) is 0 Å². The van der Waals surface area contributed by atoms with Gasteiger partial charge in [-0.25, -0.2) is 9.13 Å². The maximum Gasteiger partial charge on any atom is 0.472 e. The normalized spacial score (nSPS) is 14.0. The van der Waals surface area contributed by atoms with Gasteiger partial charge in [0.05, 0.1) is 26.4 Å². The van der Waals surface area contributed by atoms with Crippen LogP contribution in [0.25, 0.3) is 0 Å². The van der Waals surface area contributed by atoms with Gasteiger partial charge in [-0.1, -0.05) is 350 Å². The van der Waals surface area contributed by atoms with Gasteiger partial charge in [0.15, 0.2) is 12.2 Å². The summed E-state index contributed by atoms with van der Waals surface area (Å²) in [6.45, 7) is 11.9. The van der Waals surface area contributed by atoms with Crippen LogP contribution in [0.1, 0.15) is 402 Å². The highest BCUT2D eigenvalue weighted by Crippen LogP contribution is 2.45. The van der Waals surface area contributed by atoms with Gasteiger partial charge in [0.1, 0.15) is 19.3 Å². The van der Waals surface area contributed by atoms with Crippen molar-refractivity contribution in [2.24, 2.45) is 17.8 Å². The van der Waals surface area contributed by atoms with E-state index in [2.05, 4.69) is 48.5 Å². The fourth-order valence-corrected chi connectivity index (χ4v) is 13.5. The molecule has 97 heavy (non-hydrogen) atoms. The van der Waals surface area contributed by atoms with Gasteiger partial charge in [0, 0.05) is 25.7 Å². The average Bonchev–Trinajstić information content (AvgIpc) is 1.11. The summed E-state index contributed by atoms with van der Waals surface area (Å²) in [6, 6.07) is 0. The summed E-state index contributed by atoms with van der Waals surface area (Å²) < 4.78 is 68.6. The summed E-state index contributed by atoms with van der Waals surface area (Å²) in [5, 5.41) is 10.6. The highest BCUT2D eigenvalue weighted by molar-refractivity contribution is 7.47. The largest absolute Gasteiger partial charge is 0.472 e. The minimum Gasteiger partial charge on any atom is -0.462 e. The number of hydrogen-bond donors (Lipinski definition) is 3. The molecule has 0 amide bonds. The van der Waals surface area contributed by atoms with E-state index in [0.29, 0.717) is 25.7 Å². The Hall–Kier alpha value is -1.94. The van der Waals surface area contributed by atoms with Gasteiger partial charge < -0.3 is 33.8 Å². The lowest BCUT2D eigenvalue weighted by molar-refractivity contribution is -0.161. The second-order valence-electron chi connectivity index (χ2n) is 29.5. The molecular weight excluding hydrogens is 1270 g/mol. The number of phosphoric acid groups is 2. The van der Waals surface area contributed by atoms with Crippen molar-refractivity contribution < 1.29 is 80.2 Å². The van der Waals surface area contributed by atoms with Crippen molar-refractivity contribution in [3.63, 3.8) is 0 Å². The fraction of sp³-hybridized carbons (Fsp3) is 0.949. The third-order valence-corrected chi connectivity index (χ3v) is 20.0. The number of unbranched alkanes of at least 4 members (excludes halogenated alkanes) is 44. The molecule has 0 saturated carbocycles. The number of esters is 4. The first kappa shape index (κ1) is 95.1. The SMILES string of the molecule is CCCCCCCCCCCCCCCCCCCCCCC(=O)O[C@H](COC(=O)CCCCCCCCCCCCC(C)C)COP(=O)(O)OC[C@@H](O)COP(=O)(O)OC[C@@H](COC(=O)CCCCCCCCCCC(C)C)OC(=O)CCCCCCCCCCCCC(C)C. The van der Waals surface area contributed by atoms with E-state index in [4.69, 9.17) is 37.0 Å². The number of carbonyl (C=O) groups is 4. The van der Waals surface area contributed by atoms with E-state index < -0.39 is 97.5 Å². The predicted octanol–water partition coefficient (Wildman–Crippen LogP) is 23.0. The molecule has 0 fully saturated rings. The molecule has 0 spiro atoms. The number of aliphatic hydroxyl groups excluding tert-OH is 1. The van der Waals surface area contributed by atoms with Crippen LogP contribution in [0.5, 0.6) is 0 Å². The van der Waals surface area contributed by atoms with Crippen molar-refractivity contribution in [2.45, 2.75) is 420 Å². The minimum atomic E-state index is -4.96. The third kappa shape index (κ3) is 72.2. The van der Waals surface area contributed by atoms with Crippen molar-refractivity contribution in [3.8, 4) is 0 Å². The van der Waals surface area contributed by atoms with Crippen LogP contribution in [0, 0.1) is 17.8 Å². The van der Waals surface area contributed by atoms with Gasteiger partial charge in [0.25, 0.3) is 0 Å². The lowest BCUT2D eigenvalue weighted by Crippen LogP contribution is -2.30. The Morgan fingerprint density at radius 2 is 0.474 bits per heavy atom. The predicted molar refractivity (Wildman–Crippen MR) is 395 cm³/mol. The highest BCUT2D eigenvalue weighted by Gasteiger charge is 2.30. The number of ether oxygens (including phenoxy) is 4. The molecule has 576 valence electrons. The van der Waals surface area contributed by atoms with Gasteiger partial charge in [-0.15, -0.1) is 0 Å². The summed E-state index contributed by atoms with van der Waals surface area (Å²) in [6.07, 6.45) is 55.6. The first-order valence-electron chi connectivity index (χ1n) is 40.3. The zero-order chi connectivity index (χ0) is 71.6. The van der Waals surface area contributed by atoms with Crippen LogP contribution in [0.2, 0.25) is 0 Å². The van der Waals surface area contributed by atoms with E-state index in [1.54, 1.807) is 0 Å². The highest BCUT2D eigenvalue weighted by atomic mass is 31.2. The van der Waals surface area contributed by atoms with Crippen molar-refractivity contribution in [1.82, 2.24) is 0 Å². The number of aliphatic hydroxyl groups is 1. The van der Waals surface area contributed by atoms with Crippen molar-refractivity contribution >= 4 is 39.5 Å². The zero-order valence-electron chi connectivity index (χ0n) is 63.5. The van der Waals surface area contributed by atoms with Crippen molar-refractivity contribution in [2.75, 3.05) is 39.6 Å². The third-order valence-electron chi connectivity index (χ3n) is 18.1. The Morgan fingerprint density at radius 3 is 0.701 bits per heavy atom. The molecule has 5 atom stereocenters. The van der Waals surface area contributed by atoms with Crippen LogP contribution < -0.4 is 0 Å². The minimum absolute atomic E-state index is 0.105. The molecule has 0 bridgehead atoms. The van der Waals surface area contributed by atoms with Crippen LogP contribution in [0.15, 0.2) is 0 Å². The van der Waals surface area contributed by atoms with Gasteiger partial charge in [-0.3, -0.25) is 37.3 Å². The molecule has 17 nitrogen and oxygen atoms in total. The van der Waals surface area contributed by atoms with Crippen LogP contribution in [0.3, 0.4) is 0 Å². The molecule has 0 aromatic carbocycles. The first-order chi connectivity index (χ1) is 46.7. The van der Waals surface area contributed by atoms with Gasteiger partial charge >= 0.3 is 39.5 Å². The van der Waals surface area contributed by atoms with Crippen LogP contribution in [-0.2, 0) is 65.4 Å². The maximum atomic E-state index is 13.1. The van der Waals surface area contributed by atoms with E-state index in [0.717, 1.165) is 108 Å². The second-order valence-corrected chi connectivity index (χ2v) is 32.4.